The fraction of sp³-hybridized carbons (Fsp3) is 0.185. The summed E-state index contributed by atoms with van der Waals surface area (Å²) >= 11 is 0. The van der Waals surface area contributed by atoms with Crippen molar-refractivity contribution in [3.8, 4) is 45.1 Å². The number of pyridine rings is 2. The van der Waals surface area contributed by atoms with Crippen LogP contribution in [0.1, 0.15) is 51.4 Å². The Kier molecular flexibility index (Phi) is 13.5. The SMILES string of the molecule is CC(C)Cc1cc(-c2[c-]cc(F)c(-c3ccccc3)c2)ncc1[Si](C)(C)C.Cc1c[c-]c(-c2nc3ccccc3n2-c2ccc3c4ccccc4n(-c4ccccc4)c3c2)c2oc3nc(C(C)(C)C)ccc3c12.[Ir]. The minimum absolute atomic E-state index is 0. The van der Waals surface area contributed by atoms with Crippen LogP contribution in [0.15, 0.2) is 174 Å². The number of hydrogen-bond acceptors (Lipinski definition) is 4. The Labute approximate surface area is 447 Å². The van der Waals surface area contributed by atoms with Crippen LogP contribution in [0.3, 0.4) is 0 Å². The van der Waals surface area contributed by atoms with Crippen molar-refractivity contribution in [3.63, 3.8) is 0 Å². The van der Waals surface area contributed by atoms with Gasteiger partial charge in [0.05, 0.1) is 41.5 Å². The molecule has 74 heavy (non-hydrogen) atoms. The first-order valence-electron chi connectivity index (χ1n) is 25.2. The average Bonchev–Trinajstić information content (AvgIpc) is 4.07. The van der Waals surface area contributed by atoms with Crippen LogP contribution >= 0.6 is 0 Å². The van der Waals surface area contributed by atoms with E-state index in [9.17, 15) is 4.39 Å². The van der Waals surface area contributed by atoms with Gasteiger partial charge in [-0.15, -0.1) is 41.5 Å². The molecule has 0 N–H and O–H groups in total. The molecule has 371 valence electrons. The number of halogens is 1. The summed E-state index contributed by atoms with van der Waals surface area (Å²) < 4.78 is 25.6. The van der Waals surface area contributed by atoms with Crippen LogP contribution in [0.25, 0.3) is 100 Å². The Bertz CT molecular complexity index is 4030. The van der Waals surface area contributed by atoms with Gasteiger partial charge in [-0.25, -0.2) is 4.98 Å². The minimum atomic E-state index is -1.47. The van der Waals surface area contributed by atoms with Crippen molar-refractivity contribution in [2.45, 2.75) is 73.0 Å². The third-order valence-corrected chi connectivity index (χ3v) is 15.8. The second kappa shape index (κ2) is 19.9. The Morgan fingerprint density at radius 3 is 2.08 bits per heavy atom. The summed E-state index contributed by atoms with van der Waals surface area (Å²) in [5.74, 6) is 1.10. The first-order valence-corrected chi connectivity index (χ1v) is 28.7. The van der Waals surface area contributed by atoms with Crippen molar-refractivity contribution in [3.05, 3.63) is 205 Å². The van der Waals surface area contributed by atoms with Gasteiger partial charge in [-0.3, -0.25) is 9.37 Å². The quantitative estimate of drug-likeness (QED) is 0.112. The fourth-order valence-electron chi connectivity index (χ4n) is 10.2. The molecular formula is C65H58FIrN5OSi-2. The molecule has 0 saturated carbocycles. The minimum Gasteiger partial charge on any atom is -0.486 e. The number of imidazole rings is 1. The van der Waals surface area contributed by atoms with Gasteiger partial charge in [0.15, 0.2) is 0 Å². The molecule has 0 unspecified atom stereocenters. The van der Waals surface area contributed by atoms with Gasteiger partial charge in [0, 0.05) is 70.8 Å². The molecule has 12 rings (SSSR count). The number of hydrogen-bond donors (Lipinski definition) is 0. The molecule has 0 fully saturated rings. The van der Waals surface area contributed by atoms with Gasteiger partial charge in [0.2, 0.25) is 5.71 Å². The summed E-state index contributed by atoms with van der Waals surface area (Å²) in [4.78, 5) is 14.9. The van der Waals surface area contributed by atoms with Gasteiger partial charge < -0.3 is 18.5 Å². The second-order valence-corrected chi connectivity index (χ2v) is 26.7. The van der Waals surface area contributed by atoms with Crippen molar-refractivity contribution >= 4 is 68.2 Å². The zero-order valence-corrected chi connectivity index (χ0v) is 46.7. The maximum atomic E-state index is 14.4. The van der Waals surface area contributed by atoms with Crippen molar-refractivity contribution in [1.82, 2.24) is 24.1 Å². The molecule has 0 amide bonds. The zero-order chi connectivity index (χ0) is 50.8. The number of para-hydroxylation sites is 4. The molecule has 0 aliphatic rings. The molecular weight excluding hydrogens is 1110 g/mol. The van der Waals surface area contributed by atoms with Crippen molar-refractivity contribution in [2.75, 3.05) is 0 Å². The van der Waals surface area contributed by atoms with E-state index in [1.807, 2.05) is 54.7 Å². The number of benzene rings is 7. The fourth-order valence-corrected chi connectivity index (χ4v) is 11.8. The first-order chi connectivity index (χ1) is 35.1. The van der Waals surface area contributed by atoms with E-state index < -0.39 is 8.07 Å². The summed E-state index contributed by atoms with van der Waals surface area (Å²) in [6.07, 6.45) is 3.07. The van der Waals surface area contributed by atoms with Gasteiger partial charge in [-0.05, 0) is 83.4 Å². The summed E-state index contributed by atoms with van der Waals surface area (Å²) in [5.41, 5.74) is 15.1. The largest absolute Gasteiger partial charge is 0.486 e. The number of nitrogens with zero attached hydrogens (tertiary/aromatic N) is 5. The smallest absolute Gasteiger partial charge is 0.216 e. The van der Waals surface area contributed by atoms with Gasteiger partial charge in [0.1, 0.15) is 0 Å². The predicted molar refractivity (Wildman–Crippen MR) is 304 cm³/mol. The first kappa shape index (κ1) is 50.2. The molecule has 1 radical (unpaired) electrons. The third kappa shape index (κ3) is 9.34. The Morgan fingerprint density at radius 1 is 0.676 bits per heavy atom. The van der Waals surface area contributed by atoms with E-state index in [4.69, 9.17) is 19.4 Å². The van der Waals surface area contributed by atoms with Gasteiger partial charge in [-0.2, -0.15) is 0 Å². The number of furan rings is 1. The van der Waals surface area contributed by atoms with Crippen LogP contribution in [-0.4, -0.2) is 32.2 Å². The van der Waals surface area contributed by atoms with Crippen LogP contribution in [-0.2, 0) is 31.9 Å². The second-order valence-electron chi connectivity index (χ2n) is 21.7. The van der Waals surface area contributed by atoms with Crippen molar-refractivity contribution in [1.29, 1.82) is 0 Å². The third-order valence-electron chi connectivity index (χ3n) is 13.8. The Balaban J connectivity index is 0.000000192. The van der Waals surface area contributed by atoms with E-state index in [0.29, 0.717) is 17.2 Å². The summed E-state index contributed by atoms with van der Waals surface area (Å²) in [6, 6.07) is 62.2. The summed E-state index contributed by atoms with van der Waals surface area (Å²) in [6.45, 7) is 20.2. The molecule has 6 nitrogen and oxygen atoms in total. The van der Waals surface area contributed by atoms with Crippen LogP contribution in [0.2, 0.25) is 19.6 Å². The monoisotopic (exact) mass is 1160 g/mol. The summed E-state index contributed by atoms with van der Waals surface area (Å²) in [5, 5.41) is 5.89. The topological polar surface area (TPSA) is 61.7 Å². The molecule has 0 spiro atoms. The van der Waals surface area contributed by atoms with Crippen molar-refractivity contribution in [2.24, 2.45) is 5.92 Å². The van der Waals surface area contributed by atoms with Gasteiger partial charge in [0.25, 0.3) is 0 Å². The molecule has 0 aliphatic carbocycles. The molecule has 0 aliphatic heterocycles. The van der Waals surface area contributed by atoms with E-state index in [1.54, 1.807) is 0 Å². The molecule has 7 aromatic carbocycles. The van der Waals surface area contributed by atoms with Gasteiger partial charge >= 0.3 is 0 Å². The zero-order valence-electron chi connectivity index (χ0n) is 43.3. The molecule has 5 heterocycles. The molecule has 5 aromatic heterocycles. The molecule has 0 saturated heterocycles. The van der Waals surface area contributed by atoms with Gasteiger partial charge in [-0.1, -0.05) is 174 Å². The van der Waals surface area contributed by atoms with E-state index in [2.05, 4.69) is 192 Å². The van der Waals surface area contributed by atoms with Crippen LogP contribution in [0, 0.1) is 30.8 Å². The van der Waals surface area contributed by atoms with E-state index in [-0.39, 0.29) is 31.3 Å². The molecule has 0 atom stereocenters. The normalized spacial score (nSPS) is 12.0. The van der Waals surface area contributed by atoms with Crippen LogP contribution < -0.4 is 5.19 Å². The molecule has 12 aromatic rings. The number of fused-ring (bicyclic) bond motifs is 7. The summed E-state index contributed by atoms with van der Waals surface area (Å²) in [7, 11) is -1.47. The molecule has 0 bridgehead atoms. The van der Waals surface area contributed by atoms with E-state index in [1.165, 1.54) is 33.1 Å². The Hall–Kier alpha value is -7.29. The van der Waals surface area contributed by atoms with E-state index in [0.717, 1.165) is 90.2 Å². The maximum Gasteiger partial charge on any atom is 0.216 e. The standard InChI is InChI=1S/C41H31N4O.C24H27FNSi.Ir/c1-25-18-20-31(38-37(25)30-22-23-36(41(2,3)4)43-40(30)46-38)39-42-32-15-9-11-17-34(32)45(39)27-19-21-29-28-14-8-10-16-33(28)44(35(29)24-27)26-12-6-5-7-13-26;1-17(2)13-20-15-23(26-16-24(20)27(3,4)5)19-11-12-22(25)21(14-19)18-9-7-6-8-10-18;/h5-19,21-24H,1-4H3;6-10,12,14-17H,13H2,1-5H3;/q2*-1;. The van der Waals surface area contributed by atoms with Crippen molar-refractivity contribution < 1.29 is 28.9 Å². The number of rotatable bonds is 8. The number of aryl methyl sites for hydroxylation is 1. The number of aromatic nitrogens is 5. The van der Waals surface area contributed by atoms with Crippen LogP contribution in [0.5, 0.6) is 0 Å². The molecule has 9 heteroatoms. The average molecular weight is 1160 g/mol. The Morgan fingerprint density at radius 2 is 1.35 bits per heavy atom. The maximum absolute atomic E-state index is 14.4. The van der Waals surface area contributed by atoms with Crippen LogP contribution in [0.4, 0.5) is 4.39 Å². The predicted octanol–water partition coefficient (Wildman–Crippen LogP) is 16.6. The van der Waals surface area contributed by atoms with E-state index >= 15 is 0 Å².